The Morgan fingerprint density at radius 2 is 1.87 bits per heavy atom. The number of ether oxygens (including phenoxy) is 1. The van der Waals surface area contributed by atoms with Gasteiger partial charge in [-0.3, -0.25) is 14.5 Å². The summed E-state index contributed by atoms with van der Waals surface area (Å²) < 4.78 is 31.6. The number of carbonyl (C=O) groups is 2. The highest BCUT2D eigenvalue weighted by Crippen LogP contribution is 2.41. The van der Waals surface area contributed by atoms with Crippen LogP contribution in [0.1, 0.15) is 56.1 Å². The zero-order valence-electron chi connectivity index (χ0n) is 23.9. The molecule has 2 aliphatic heterocycles. The van der Waals surface area contributed by atoms with Gasteiger partial charge < -0.3 is 19.6 Å². The number of likely N-dealkylation sites (tertiary alicyclic amines) is 1. The van der Waals surface area contributed by atoms with Crippen LogP contribution in [-0.2, 0) is 26.0 Å². The van der Waals surface area contributed by atoms with E-state index in [1.165, 1.54) is 0 Å². The minimum atomic E-state index is -3.42. The quantitative estimate of drug-likeness (QED) is 0.292. The summed E-state index contributed by atoms with van der Waals surface area (Å²) in [5.74, 6) is -1.16. The molecule has 2 aliphatic rings. The van der Waals surface area contributed by atoms with E-state index in [0.29, 0.717) is 32.7 Å². The maximum absolute atomic E-state index is 13.6. The van der Waals surface area contributed by atoms with E-state index in [-0.39, 0.29) is 24.9 Å². The summed E-state index contributed by atoms with van der Waals surface area (Å²) in [7, 11) is 0.657. The van der Waals surface area contributed by atoms with Crippen LogP contribution in [0.2, 0.25) is 0 Å². The Balaban J connectivity index is 1.81. The maximum atomic E-state index is 13.6. The van der Waals surface area contributed by atoms with Crippen molar-refractivity contribution in [1.82, 2.24) is 19.4 Å². The Kier molecular flexibility index (Phi) is 11.6. The number of aliphatic carboxylic acids is 1. The fourth-order valence-corrected chi connectivity index (χ4v) is 6.22. The molecule has 3 atom stereocenters. The molecule has 0 radical (unpaired) electrons. The molecule has 0 aromatic heterocycles. The number of nitrogens with one attached hydrogen (secondary N) is 1. The monoisotopic (exact) mass is 566 g/mol. The van der Waals surface area contributed by atoms with Gasteiger partial charge in [-0.2, -0.15) is 0 Å². The largest absolute Gasteiger partial charge is 0.493 e. The standard InChI is InChI=1S/C28H46N4O6S/c1-5-6-15-31(16-8-7-14-30(2)3)26(33)20-32-19-23(21-9-10-25-22(18-21)12-17-38-25)27(28(34)35)24(32)11-13-29-39(4,36)37/h9-10,18,23-24,27,29H,5-8,11-17,19-20H2,1-4H3,(H,34,35)/t23-,24+,27-/m1/s1. The number of hydrogen-bond donors (Lipinski definition) is 2. The molecule has 3 rings (SSSR count). The number of unbranched alkanes of at least 4 members (excludes halogenated alkanes) is 2. The average Bonchev–Trinajstić information content (AvgIpc) is 3.47. The fraction of sp³-hybridized carbons (Fsp3) is 0.714. The molecular weight excluding hydrogens is 520 g/mol. The van der Waals surface area contributed by atoms with Crippen LogP contribution in [0.5, 0.6) is 5.75 Å². The Morgan fingerprint density at radius 3 is 2.54 bits per heavy atom. The number of amides is 1. The van der Waals surface area contributed by atoms with Crippen molar-refractivity contribution in [3.63, 3.8) is 0 Å². The number of rotatable bonds is 16. The second-order valence-corrected chi connectivity index (χ2v) is 13.0. The fourth-order valence-electron chi connectivity index (χ4n) is 5.73. The van der Waals surface area contributed by atoms with Crippen molar-refractivity contribution in [2.45, 2.75) is 57.4 Å². The number of fused-ring (bicyclic) bond motifs is 1. The molecule has 0 aliphatic carbocycles. The van der Waals surface area contributed by atoms with Gasteiger partial charge in [0.15, 0.2) is 0 Å². The lowest BCUT2D eigenvalue weighted by Crippen LogP contribution is -2.45. The van der Waals surface area contributed by atoms with Crippen LogP contribution < -0.4 is 9.46 Å². The average molecular weight is 567 g/mol. The van der Waals surface area contributed by atoms with Gasteiger partial charge in [0.05, 0.1) is 25.3 Å². The van der Waals surface area contributed by atoms with Gasteiger partial charge >= 0.3 is 5.97 Å². The van der Waals surface area contributed by atoms with E-state index >= 15 is 0 Å². The van der Waals surface area contributed by atoms with Gasteiger partial charge in [-0.25, -0.2) is 13.1 Å². The van der Waals surface area contributed by atoms with E-state index in [2.05, 4.69) is 16.5 Å². The van der Waals surface area contributed by atoms with Crippen LogP contribution in [0.3, 0.4) is 0 Å². The molecule has 220 valence electrons. The molecule has 11 heteroatoms. The van der Waals surface area contributed by atoms with E-state index in [1.807, 2.05) is 42.1 Å². The molecule has 0 saturated carbocycles. The van der Waals surface area contributed by atoms with Gasteiger partial charge in [0, 0.05) is 44.6 Å². The van der Waals surface area contributed by atoms with Gasteiger partial charge in [-0.05, 0) is 63.5 Å². The molecule has 0 spiro atoms. The van der Waals surface area contributed by atoms with Crippen LogP contribution in [-0.4, -0.2) is 112 Å². The van der Waals surface area contributed by atoms with E-state index in [1.54, 1.807) is 0 Å². The summed E-state index contributed by atoms with van der Waals surface area (Å²) in [5, 5.41) is 10.3. The first-order chi connectivity index (χ1) is 18.5. The Hall–Kier alpha value is -2.21. The van der Waals surface area contributed by atoms with E-state index in [4.69, 9.17) is 4.74 Å². The normalized spacial score (nSPS) is 21.2. The van der Waals surface area contributed by atoms with Crippen molar-refractivity contribution in [3.05, 3.63) is 29.3 Å². The van der Waals surface area contributed by atoms with Crippen molar-refractivity contribution in [1.29, 1.82) is 0 Å². The van der Waals surface area contributed by atoms with Gasteiger partial charge in [0.1, 0.15) is 5.75 Å². The van der Waals surface area contributed by atoms with Crippen molar-refractivity contribution in [2.24, 2.45) is 5.92 Å². The summed E-state index contributed by atoms with van der Waals surface area (Å²) in [4.78, 5) is 32.2. The van der Waals surface area contributed by atoms with Gasteiger partial charge in [0.25, 0.3) is 0 Å². The second kappa shape index (κ2) is 14.4. The minimum absolute atomic E-state index is 0.00141. The number of hydrogen-bond acceptors (Lipinski definition) is 7. The molecule has 2 heterocycles. The number of carboxylic acids is 1. The molecule has 2 N–H and O–H groups in total. The van der Waals surface area contributed by atoms with Crippen LogP contribution in [0, 0.1) is 5.92 Å². The van der Waals surface area contributed by atoms with Gasteiger partial charge in [0.2, 0.25) is 15.9 Å². The lowest BCUT2D eigenvalue weighted by molar-refractivity contribution is -0.143. The second-order valence-electron chi connectivity index (χ2n) is 11.1. The number of benzene rings is 1. The molecule has 0 bridgehead atoms. The molecule has 10 nitrogen and oxygen atoms in total. The molecule has 1 aromatic carbocycles. The molecule has 0 unspecified atom stereocenters. The Labute approximate surface area is 233 Å². The number of nitrogens with zero attached hydrogens (tertiary/aromatic N) is 3. The lowest BCUT2D eigenvalue weighted by Gasteiger charge is -2.30. The summed E-state index contributed by atoms with van der Waals surface area (Å²) in [6, 6.07) is 5.40. The molecule has 1 fully saturated rings. The van der Waals surface area contributed by atoms with Crippen molar-refractivity contribution in [3.8, 4) is 5.75 Å². The predicted octanol–water partition coefficient (Wildman–Crippen LogP) is 2.00. The SMILES string of the molecule is CCCCN(CCCCN(C)C)C(=O)CN1C[C@H](c2ccc3c(c2)CCO3)[C@@H](C(=O)O)[C@@H]1CCNS(C)(=O)=O. The van der Waals surface area contributed by atoms with E-state index in [9.17, 15) is 23.1 Å². The molecule has 1 aromatic rings. The third-order valence-electron chi connectivity index (χ3n) is 7.74. The highest BCUT2D eigenvalue weighted by Gasteiger charge is 2.47. The maximum Gasteiger partial charge on any atom is 0.308 e. The van der Waals surface area contributed by atoms with Crippen molar-refractivity contribution < 1.29 is 27.9 Å². The zero-order chi connectivity index (χ0) is 28.6. The summed E-state index contributed by atoms with van der Waals surface area (Å²) in [5.41, 5.74) is 2.00. The zero-order valence-corrected chi connectivity index (χ0v) is 24.7. The van der Waals surface area contributed by atoms with Crippen molar-refractivity contribution in [2.75, 3.05) is 66.2 Å². The van der Waals surface area contributed by atoms with Crippen LogP contribution in [0.4, 0.5) is 0 Å². The van der Waals surface area contributed by atoms with E-state index < -0.39 is 28.0 Å². The predicted molar refractivity (Wildman–Crippen MR) is 152 cm³/mol. The summed E-state index contributed by atoms with van der Waals surface area (Å²) >= 11 is 0. The first-order valence-corrected chi connectivity index (χ1v) is 16.0. The minimum Gasteiger partial charge on any atom is -0.493 e. The highest BCUT2D eigenvalue weighted by molar-refractivity contribution is 7.88. The number of sulfonamides is 1. The Morgan fingerprint density at radius 1 is 1.15 bits per heavy atom. The number of carbonyl (C=O) groups excluding carboxylic acids is 1. The van der Waals surface area contributed by atoms with Crippen molar-refractivity contribution >= 4 is 21.9 Å². The van der Waals surface area contributed by atoms with Crippen LogP contribution in [0.15, 0.2) is 18.2 Å². The smallest absolute Gasteiger partial charge is 0.308 e. The van der Waals surface area contributed by atoms with Gasteiger partial charge in [-0.1, -0.05) is 25.5 Å². The van der Waals surface area contributed by atoms with E-state index in [0.717, 1.165) is 61.8 Å². The molecular formula is C28H46N4O6S. The third kappa shape index (κ3) is 9.16. The molecule has 1 saturated heterocycles. The highest BCUT2D eigenvalue weighted by atomic mass is 32.2. The van der Waals surface area contributed by atoms with Gasteiger partial charge in [-0.15, -0.1) is 0 Å². The molecule has 39 heavy (non-hydrogen) atoms. The molecule has 1 amide bonds. The lowest BCUT2D eigenvalue weighted by atomic mass is 9.83. The van der Waals surface area contributed by atoms with Crippen LogP contribution >= 0.6 is 0 Å². The Bertz CT molecular complexity index is 1080. The first kappa shape index (κ1) is 31.3. The summed E-state index contributed by atoms with van der Waals surface area (Å²) in [6.07, 6.45) is 5.99. The third-order valence-corrected chi connectivity index (χ3v) is 8.46. The first-order valence-electron chi connectivity index (χ1n) is 14.1. The number of carboxylic acid groups (broad SMARTS) is 1. The topological polar surface area (TPSA) is 119 Å². The summed E-state index contributed by atoms with van der Waals surface area (Å²) in [6.45, 7) is 5.71. The van der Waals surface area contributed by atoms with Crippen LogP contribution in [0.25, 0.3) is 0 Å².